The number of carbonyl (C=O) groups excluding carboxylic acids is 3. The number of hydrogen-bond acceptors (Lipinski definition) is 6. The lowest BCUT2D eigenvalue weighted by Crippen LogP contribution is -2.35. The number of Topliss-reactive ketones (excluding diaryl/α,β-unsaturated/α-hetero) is 1. The molecule has 1 aromatic carbocycles. The number of carbonyl (C=O) groups is 3. The number of rotatable bonds is 6. The number of amidine groups is 1. The first-order valence-electron chi connectivity index (χ1n) is 8.51. The average molecular weight is 419 g/mol. The molecule has 30 heavy (non-hydrogen) atoms. The Morgan fingerprint density at radius 3 is 2.43 bits per heavy atom. The van der Waals surface area contributed by atoms with Crippen LogP contribution in [-0.4, -0.2) is 34.5 Å². The average Bonchev–Trinajstić information content (AvgIpc) is 2.93. The van der Waals surface area contributed by atoms with Crippen LogP contribution in [0.15, 0.2) is 28.4 Å². The Kier molecular flexibility index (Phi) is 6.72. The van der Waals surface area contributed by atoms with Crippen LogP contribution in [0.5, 0.6) is 0 Å². The Balaban J connectivity index is 2.30. The molecule has 12 heteroatoms. The molecular weight excluding hydrogens is 400 g/mol. The van der Waals surface area contributed by atoms with Crippen molar-refractivity contribution in [1.29, 1.82) is 5.53 Å². The molecule has 2 aromatic rings. The summed E-state index contributed by atoms with van der Waals surface area (Å²) in [6.07, 6.45) is 0. The second-order valence-corrected chi connectivity index (χ2v) is 6.24. The van der Waals surface area contributed by atoms with E-state index >= 15 is 0 Å². The summed E-state index contributed by atoms with van der Waals surface area (Å²) in [6.45, 7) is 2.71. The van der Waals surface area contributed by atoms with E-state index in [1.165, 1.54) is 24.6 Å². The number of benzene rings is 1. The fourth-order valence-corrected chi connectivity index (χ4v) is 2.87. The highest BCUT2D eigenvalue weighted by Gasteiger charge is 2.28. The van der Waals surface area contributed by atoms with Gasteiger partial charge in [-0.3, -0.25) is 14.4 Å². The first-order chi connectivity index (χ1) is 14.1. The van der Waals surface area contributed by atoms with Gasteiger partial charge in [-0.25, -0.2) is 14.3 Å². The van der Waals surface area contributed by atoms with Crippen LogP contribution in [-0.2, 0) is 11.8 Å². The largest absolute Gasteiger partial charge is 0.343 e. The van der Waals surface area contributed by atoms with Gasteiger partial charge < -0.3 is 21.0 Å². The summed E-state index contributed by atoms with van der Waals surface area (Å²) >= 11 is 0. The minimum absolute atomic E-state index is 0.0134. The molecule has 0 fully saturated rings. The van der Waals surface area contributed by atoms with Crippen molar-refractivity contribution in [3.8, 4) is 0 Å². The van der Waals surface area contributed by atoms with Crippen molar-refractivity contribution in [2.45, 2.75) is 13.8 Å². The fraction of sp³-hybridized carbons (Fsp3) is 0.222. The number of nitrogens with zero attached hydrogens (tertiary/aromatic N) is 3. The van der Waals surface area contributed by atoms with Crippen LogP contribution in [0.4, 0.5) is 14.5 Å². The third-order valence-corrected chi connectivity index (χ3v) is 4.44. The topological polar surface area (TPSA) is 155 Å². The maximum absolute atomic E-state index is 13.4. The maximum atomic E-state index is 13.4. The summed E-state index contributed by atoms with van der Waals surface area (Å²) in [5.74, 6) is 0.0393. The van der Waals surface area contributed by atoms with Crippen molar-refractivity contribution in [2.75, 3.05) is 11.9 Å². The van der Waals surface area contributed by atoms with E-state index in [0.29, 0.717) is 5.69 Å². The molecule has 10 nitrogen and oxygen atoms in total. The number of aromatic nitrogens is 1. The quantitative estimate of drug-likeness (QED) is 0.107. The van der Waals surface area contributed by atoms with Gasteiger partial charge in [-0.15, -0.1) is 5.11 Å². The Hall–Kier alpha value is -3.96. The predicted octanol–water partition coefficient (Wildman–Crippen LogP) is 1.77. The van der Waals surface area contributed by atoms with Crippen LogP contribution < -0.4 is 16.5 Å². The van der Waals surface area contributed by atoms with Gasteiger partial charge in [0.1, 0.15) is 5.69 Å². The molecule has 0 unspecified atom stereocenters. The van der Waals surface area contributed by atoms with E-state index in [0.717, 1.165) is 12.1 Å². The van der Waals surface area contributed by atoms with Crippen LogP contribution in [0.2, 0.25) is 0 Å². The SMILES string of the molecule is Cc1c(C(=O)C(=O)NCC(N=N)=NN)c(C)n(C)c1C(=O)Nc1ccc(F)c(F)c1. The second kappa shape index (κ2) is 9.03. The summed E-state index contributed by atoms with van der Waals surface area (Å²) < 4.78 is 27.9. The molecule has 0 saturated carbocycles. The number of hydrazone groups is 1. The highest BCUT2D eigenvalue weighted by atomic mass is 19.2. The molecule has 0 aliphatic rings. The Morgan fingerprint density at radius 1 is 1.20 bits per heavy atom. The second-order valence-electron chi connectivity index (χ2n) is 6.24. The zero-order valence-electron chi connectivity index (χ0n) is 16.3. The number of nitrogens with one attached hydrogen (secondary N) is 3. The lowest BCUT2D eigenvalue weighted by molar-refractivity contribution is -0.116. The Bertz CT molecular complexity index is 1080. The third-order valence-electron chi connectivity index (χ3n) is 4.44. The molecule has 0 aliphatic heterocycles. The molecule has 2 amide bonds. The number of nitrogens with two attached hydrogens (primary N) is 1. The van der Waals surface area contributed by atoms with Crippen LogP contribution in [0.3, 0.4) is 0 Å². The number of hydrogen-bond donors (Lipinski definition) is 4. The van der Waals surface area contributed by atoms with Crippen molar-refractivity contribution in [3.05, 3.63) is 52.3 Å². The van der Waals surface area contributed by atoms with Gasteiger partial charge in [0.25, 0.3) is 17.6 Å². The van der Waals surface area contributed by atoms with Gasteiger partial charge in [-0.1, -0.05) is 0 Å². The molecule has 5 N–H and O–H groups in total. The highest BCUT2D eigenvalue weighted by Crippen LogP contribution is 2.23. The first-order valence-corrected chi connectivity index (χ1v) is 8.51. The minimum atomic E-state index is -1.13. The van der Waals surface area contributed by atoms with E-state index in [4.69, 9.17) is 11.4 Å². The molecule has 0 radical (unpaired) electrons. The monoisotopic (exact) mass is 419 g/mol. The summed E-state index contributed by atoms with van der Waals surface area (Å²) in [5, 5.41) is 10.8. The zero-order chi connectivity index (χ0) is 22.6. The number of amides is 2. The molecule has 1 heterocycles. The number of anilines is 1. The standard InChI is InChI=1S/C18H19F2N7O3/c1-8-14(16(28)18(30)23-7-13(25-21)26-22)9(2)27(3)15(8)17(29)24-10-4-5-11(19)12(20)6-10/h4-6,21H,7,22H2,1-3H3,(H,23,30)(H,24,29). The Labute approximate surface area is 169 Å². The molecular formula is C18H19F2N7O3. The van der Waals surface area contributed by atoms with Gasteiger partial charge in [0.15, 0.2) is 17.5 Å². The van der Waals surface area contributed by atoms with Crippen LogP contribution in [0, 0.1) is 31.0 Å². The molecule has 0 bridgehead atoms. The van der Waals surface area contributed by atoms with Crippen molar-refractivity contribution >= 4 is 29.1 Å². The minimum Gasteiger partial charge on any atom is -0.343 e. The van der Waals surface area contributed by atoms with Crippen LogP contribution in [0.25, 0.3) is 0 Å². The van der Waals surface area contributed by atoms with Gasteiger partial charge >= 0.3 is 0 Å². The van der Waals surface area contributed by atoms with Gasteiger partial charge in [-0.05, 0) is 31.5 Å². The van der Waals surface area contributed by atoms with E-state index in [-0.39, 0.29) is 34.9 Å². The predicted molar refractivity (Wildman–Crippen MR) is 103 cm³/mol. The van der Waals surface area contributed by atoms with Gasteiger partial charge in [0.05, 0.1) is 12.1 Å². The van der Waals surface area contributed by atoms with Crippen LogP contribution in [0.1, 0.15) is 32.1 Å². The maximum Gasteiger partial charge on any atom is 0.292 e. The normalized spacial score (nSPS) is 11.2. The molecule has 1 aromatic heterocycles. The summed E-state index contributed by atoms with van der Waals surface area (Å²) in [4.78, 5) is 37.5. The summed E-state index contributed by atoms with van der Waals surface area (Å²) in [7, 11) is 1.52. The van der Waals surface area contributed by atoms with Crippen molar-refractivity contribution in [2.24, 2.45) is 23.1 Å². The number of ketones is 1. The number of halogens is 2. The molecule has 2 rings (SSSR count). The van der Waals surface area contributed by atoms with E-state index in [2.05, 4.69) is 20.8 Å². The third kappa shape index (κ3) is 4.37. The lowest BCUT2D eigenvalue weighted by atomic mass is 10.0. The van der Waals surface area contributed by atoms with Crippen LogP contribution >= 0.6 is 0 Å². The van der Waals surface area contributed by atoms with Crippen molar-refractivity contribution in [1.82, 2.24) is 9.88 Å². The van der Waals surface area contributed by atoms with Crippen molar-refractivity contribution < 1.29 is 23.2 Å². The molecule has 158 valence electrons. The summed E-state index contributed by atoms with van der Waals surface area (Å²) in [6, 6.07) is 2.89. The molecule has 0 aliphatic carbocycles. The molecule has 0 spiro atoms. The van der Waals surface area contributed by atoms with Crippen molar-refractivity contribution in [3.63, 3.8) is 0 Å². The van der Waals surface area contributed by atoms with Gasteiger partial charge in [0, 0.05) is 24.5 Å². The first kappa shape index (κ1) is 22.3. The Morgan fingerprint density at radius 2 is 1.87 bits per heavy atom. The zero-order valence-corrected chi connectivity index (χ0v) is 16.3. The van der Waals surface area contributed by atoms with Gasteiger partial charge in [-0.2, -0.15) is 5.10 Å². The van der Waals surface area contributed by atoms with E-state index < -0.39 is 29.2 Å². The summed E-state index contributed by atoms with van der Waals surface area (Å²) in [5.41, 5.74) is 7.51. The fourth-order valence-electron chi connectivity index (χ4n) is 2.87. The molecule has 0 saturated heterocycles. The van der Waals surface area contributed by atoms with E-state index in [1.54, 1.807) is 6.92 Å². The molecule has 0 atom stereocenters. The smallest absolute Gasteiger partial charge is 0.292 e. The lowest BCUT2D eigenvalue weighted by Gasteiger charge is -2.08. The van der Waals surface area contributed by atoms with E-state index in [9.17, 15) is 23.2 Å². The van der Waals surface area contributed by atoms with Gasteiger partial charge in [0.2, 0.25) is 0 Å². The van der Waals surface area contributed by atoms with E-state index in [1.807, 2.05) is 0 Å². The highest BCUT2D eigenvalue weighted by molar-refractivity contribution is 6.44.